The van der Waals surface area contributed by atoms with Crippen molar-refractivity contribution in [1.82, 2.24) is 14.9 Å². The Hall–Kier alpha value is -1.62. The second kappa shape index (κ2) is 5.82. The molecule has 5 heteroatoms. The van der Waals surface area contributed by atoms with Crippen molar-refractivity contribution < 1.29 is 4.79 Å². The van der Waals surface area contributed by atoms with Gasteiger partial charge in [-0.15, -0.1) is 11.3 Å². The minimum Gasteiger partial charge on any atom is -0.352 e. The Bertz CT molecular complexity index is 516. The number of aryl methyl sites for hydroxylation is 2. The zero-order valence-electron chi connectivity index (χ0n) is 10.6. The van der Waals surface area contributed by atoms with Gasteiger partial charge >= 0.3 is 0 Å². The van der Waals surface area contributed by atoms with Gasteiger partial charge in [-0.05, 0) is 25.8 Å². The Morgan fingerprint density at radius 1 is 1.50 bits per heavy atom. The third-order valence-electron chi connectivity index (χ3n) is 2.97. The highest BCUT2D eigenvalue weighted by atomic mass is 32.1. The van der Waals surface area contributed by atoms with Crippen LogP contribution in [0, 0.1) is 13.8 Å². The molecule has 2 heterocycles. The van der Waals surface area contributed by atoms with Crippen LogP contribution in [0.2, 0.25) is 0 Å². The minimum atomic E-state index is 0.0301. The van der Waals surface area contributed by atoms with Crippen molar-refractivity contribution in [3.63, 3.8) is 0 Å². The standard InChI is InChI=1S/C13H17N3OS/c1-10-11(2)18-8-12(10)13(17)15-4-3-6-16-7-5-14-9-16/h5,7-9H,3-4,6H2,1-2H3,(H,15,17). The van der Waals surface area contributed by atoms with Crippen LogP contribution in [-0.4, -0.2) is 22.0 Å². The zero-order valence-corrected chi connectivity index (χ0v) is 11.5. The summed E-state index contributed by atoms with van der Waals surface area (Å²) in [6.45, 7) is 5.59. The van der Waals surface area contributed by atoms with Crippen molar-refractivity contribution in [3.8, 4) is 0 Å². The van der Waals surface area contributed by atoms with Crippen LogP contribution in [0.1, 0.15) is 27.2 Å². The largest absolute Gasteiger partial charge is 0.352 e. The molecular formula is C13H17N3OS. The lowest BCUT2D eigenvalue weighted by Crippen LogP contribution is -2.25. The van der Waals surface area contributed by atoms with Crippen molar-refractivity contribution in [2.45, 2.75) is 26.8 Å². The Morgan fingerprint density at radius 2 is 2.33 bits per heavy atom. The van der Waals surface area contributed by atoms with E-state index >= 15 is 0 Å². The highest BCUT2D eigenvalue weighted by Gasteiger charge is 2.11. The van der Waals surface area contributed by atoms with Crippen LogP contribution < -0.4 is 5.32 Å². The van der Waals surface area contributed by atoms with Crippen LogP contribution >= 0.6 is 11.3 Å². The summed E-state index contributed by atoms with van der Waals surface area (Å²) >= 11 is 1.62. The molecule has 0 atom stereocenters. The molecule has 0 aliphatic rings. The molecule has 0 unspecified atom stereocenters. The molecular weight excluding hydrogens is 246 g/mol. The second-order valence-corrected chi connectivity index (χ2v) is 5.32. The van der Waals surface area contributed by atoms with Gasteiger partial charge < -0.3 is 9.88 Å². The average molecular weight is 263 g/mol. The molecule has 0 aromatic carbocycles. The van der Waals surface area contributed by atoms with E-state index in [2.05, 4.69) is 10.3 Å². The van der Waals surface area contributed by atoms with E-state index in [1.54, 1.807) is 23.9 Å². The summed E-state index contributed by atoms with van der Waals surface area (Å²) in [5, 5.41) is 4.88. The number of amides is 1. The Balaban J connectivity index is 1.77. The summed E-state index contributed by atoms with van der Waals surface area (Å²) in [6.07, 6.45) is 6.38. The SMILES string of the molecule is Cc1scc(C(=O)NCCCn2ccnc2)c1C. The highest BCUT2D eigenvalue weighted by molar-refractivity contribution is 7.10. The van der Waals surface area contributed by atoms with Crippen molar-refractivity contribution in [2.24, 2.45) is 0 Å². The summed E-state index contributed by atoms with van der Waals surface area (Å²) in [5.74, 6) is 0.0301. The molecule has 0 saturated carbocycles. The zero-order chi connectivity index (χ0) is 13.0. The van der Waals surface area contributed by atoms with Crippen LogP contribution in [0.4, 0.5) is 0 Å². The maximum absolute atomic E-state index is 11.9. The van der Waals surface area contributed by atoms with Crippen LogP contribution in [0.5, 0.6) is 0 Å². The molecule has 18 heavy (non-hydrogen) atoms. The summed E-state index contributed by atoms with van der Waals surface area (Å²) < 4.78 is 2.01. The van der Waals surface area contributed by atoms with Gasteiger partial charge in [0.05, 0.1) is 11.9 Å². The average Bonchev–Trinajstić information content (AvgIpc) is 2.97. The molecule has 0 bridgehead atoms. The number of carbonyl (C=O) groups excluding carboxylic acids is 1. The van der Waals surface area contributed by atoms with E-state index in [4.69, 9.17) is 0 Å². The van der Waals surface area contributed by atoms with E-state index < -0.39 is 0 Å². The number of thiophene rings is 1. The number of hydrogen-bond acceptors (Lipinski definition) is 3. The van der Waals surface area contributed by atoms with Crippen molar-refractivity contribution in [1.29, 1.82) is 0 Å². The molecule has 1 N–H and O–H groups in total. The highest BCUT2D eigenvalue weighted by Crippen LogP contribution is 2.20. The van der Waals surface area contributed by atoms with Crippen LogP contribution in [-0.2, 0) is 6.54 Å². The molecule has 2 aromatic rings. The van der Waals surface area contributed by atoms with Crippen molar-refractivity contribution in [2.75, 3.05) is 6.54 Å². The fraction of sp³-hybridized carbons (Fsp3) is 0.385. The molecule has 1 amide bonds. The lowest BCUT2D eigenvalue weighted by molar-refractivity contribution is 0.0952. The smallest absolute Gasteiger partial charge is 0.252 e. The first kappa shape index (κ1) is 12.8. The summed E-state index contributed by atoms with van der Waals surface area (Å²) in [6, 6.07) is 0. The normalized spacial score (nSPS) is 10.6. The van der Waals surface area contributed by atoms with Crippen molar-refractivity contribution in [3.05, 3.63) is 40.1 Å². The lowest BCUT2D eigenvalue weighted by Gasteiger charge is -2.05. The topological polar surface area (TPSA) is 46.9 Å². The van der Waals surface area contributed by atoms with E-state index in [0.717, 1.165) is 24.1 Å². The molecule has 96 valence electrons. The minimum absolute atomic E-state index is 0.0301. The van der Waals surface area contributed by atoms with Gasteiger partial charge in [0.15, 0.2) is 0 Å². The first-order chi connectivity index (χ1) is 8.68. The fourth-order valence-corrected chi connectivity index (χ4v) is 2.58. The molecule has 0 spiro atoms. The lowest BCUT2D eigenvalue weighted by atomic mass is 10.1. The van der Waals surface area contributed by atoms with Gasteiger partial charge in [-0.2, -0.15) is 0 Å². The van der Waals surface area contributed by atoms with E-state index in [0.29, 0.717) is 6.54 Å². The molecule has 0 fully saturated rings. The fourth-order valence-electron chi connectivity index (χ4n) is 1.72. The third-order valence-corrected chi connectivity index (χ3v) is 3.98. The summed E-state index contributed by atoms with van der Waals surface area (Å²) in [7, 11) is 0. The Kier molecular flexibility index (Phi) is 4.15. The number of hydrogen-bond donors (Lipinski definition) is 1. The predicted molar refractivity (Wildman–Crippen MR) is 73.0 cm³/mol. The molecule has 0 radical (unpaired) electrons. The number of nitrogens with one attached hydrogen (secondary N) is 1. The van der Waals surface area contributed by atoms with Gasteiger partial charge in [-0.25, -0.2) is 4.98 Å². The van der Waals surface area contributed by atoms with Gasteiger partial charge in [0.25, 0.3) is 5.91 Å². The summed E-state index contributed by atoms with van der Waals surface area (Å²) in [5.41, 5.74) is 1.90. The van der Waals surface area contributed by atoms with E-state index in [9.17, 15) is 4.79 Å². The first-order valence-corrected chi connectivity index (χ1v) is 6.85. The molecule has 4 nitrogen and oxygen atoms in total. The first-order valence-electron chi connectivity index (χ1n) is 5.97. The van der Waals surface area contributed by atoms with E-state index in [-0.39, 0.29) is 5.91 Å². The molecule has 0 aliphatic heterocycles. The van der Waals surface area contributed by atoms with Gasteiger partial charge in [0, 0.05) is 35.7 Å². The second-order valence-electron chi connectivity index (χ2n) is 4.24. The molecule has 2 rings (SSSR count). The van der Waals surface area contributed by atoms with E-state index in [1.165, 1.54) is 4.88 Å². The van der Waals surface area contributed by atoms with Crippen LogP contribution in [0.3, 0.4) is 0 Å². The van der Waals surface area contributed by atoms with Gasteiger partial charge in [-0.3, -0.25) is 4.79 Å². The molecule has 0 saturated heterocycles. The van der Waals surface area contributed by atoms with Gasteiger partial charge in [0.2, 0.25) is 0 Å². The van der Waals surface area contributed by atoms with Gasteiger partial charge in [0.1, 0.15) is 0 Å². The third kappa shape index (κ3) is 2.98. The van der Waals surface area contributed by atoms with Gasteiger partial charge in [-0.1, -0.05) is 0 Å². The number of imidazole rings is 1. The molecule has 0 aliphatic carbocycles. The predicted octanol–water partition coefficient (Wildman–Crippen LogP) is 2.38. The maximum atomic E-state index is 11.9. The van der Waals surface area contributed by atoms with Crippen molar-refractivity contribution >= 4 is 17.2 Å². The maximum Gasteiger partial charge on any atom is 0.252 e. The quantitative estimate of drug-likeness (QED) is 0.842. The molecule has 2 aromatic heterocycles. The Labute approximate surface area is 111 Å². The number of nitrogens with zero attached hydrogens (tertiary/aromatic N) is 2. The number of rotatable bonds is 5. The monoisotopic (exact) mass is 263 g/mol. The van der Waals surface area contributed by atoms with Crippen LogP contribution in [0.15, 0.2) is 24.1 Å². The van der Waals surface area contributed by atoms with E-state index in [1.807, 2.05) is 30.0 Å². The van der Waals surface area contributed by atoms with Crippen LogP contribution in [0.25, 0.3) is 0 Å². The number of aromatic nitrogens is 2. The Morgan fingerprint density at radius 3 is 2.94 bits per heavy atom. The number of carbonyl (C=O) groups is 1. The summed E-state index contributed by atoms with van der Waals surface area (Å²) in [4.78, 5) is 17.1.